The van der Waals surface area contributed by atoms with Gasteiger partial charge in [0.2, 0.25) is 11.6 Å². The van der Waals surface area contributed by atoms with Crippen LogP contribution < -0.4 is 0 Å². The summed E-state index contributed by atoms with van der Waals surface area (Å²) in [7, 11) is 0. The van der Waals surface area contributed by atoms with E-state index in [1.54, 1.807) is 26.0 Å². The third kappa shape index (κ3) is 3.26. The van der Waals surface area contributed by atoms with Gasteiger partial charge in [0.15, 0.2) is 0 Å². The molecule has 0 saturated carbocycles. The molecule has 0 spiro atoms. The maximum Gasteiger partial charge on any atom is 0.362 e. The smallest absolute Gasteiger partial charge is 0.362 e. The van der Waals surface area contributed by atoms with E-state index in [1.165, 1.54) is 0 Å². The molecule has 0 bridgehead atoms. The number of nitrogens with zero attached hydrogens (tertiary/aromatic N) is 2. The number of aromatic nitrogens is 2. The van der Waals surface area contributed by atoms with Gasteiger partial charge < -0.3 is 9.84 Å². The predicted molar refractivity (Wildman–Crippen MR) is 87.6 cm³/mol. The van der Waals surface area contributed by atoms with Gasteiger partial charge in [-0.25, -0.2) is 14.8 Å². The molecule has 0 fully saturated rings. The number of ether oxygens (including phenoxy) is 1. The summed E-state index contributed by atoms with van der Waals surface area (Å²) >= 11 is 8.20. The topological polar surface area (TPSA) is 72.3 Å². The van der Waals surface area contributed by atoms with E-state index in [9.17, 15) is 9.90 Å². The number of carbonyl (C=O) groups excluding carboxylic acids is 1. The van der Waals surface area contributed by atoms with Crippen LogP contribution in [0.1, 0.15) is 23.1 Å². The van der Waals surface area contributed by atoms with E-state index >= 15 is 0 Å². The lowest BCUT2D eigenvalue weighted by Gasteiger charge is -2.11. The fourth-order valence-electron chi connectivity index (χ4n) is 1.79. The van der Waals surface area contributed by atoms with Crippen molar-refractivity contribution >= 4 is 40.2 Å². The van der Waals surface area contributed by atoms with Crippen LogP contribution in [0.2, 0.25) is 5.02 Å². The second-order valence-corrected chi connectivity index (χ2v) is 5.64. The molecule has 0 saturated heterocycles. The summed E-state index contributed by atoms with van der Waals surface area (Å²) in [4.78, 5) is 20.0. The van der Waals surface area contributed by atoms with E-state index in [-0.39, 0.29) is 12.3 Å². The predicted octanol–water partition coefficient (Wildman–Crippen LogP) is 3.59. The molecule has 7 heteroatoms. The highest BCUT2D eigenvalue weighted by Gasteiger charge is 2.20. The van der Waals surface area contributed by atoms with Gasteiger partial charge in [-0.1, -0.05) is 23.7 Å². The summed E-state index contributed by atoms with van der Waals surface area (Å²) in [6.45, 7) is 3.57. The maximum absolute atomic E-state index is 11.8. The molecule has 0 aliphatic heterocycles. The van der Waals surface area contributed by atoms with E-state index in [0.29, 0.717) is 16.4 Å². The molecule has 2 aromatic rings. The quantitative estimate of drug-likeness (QED) is 0.609. The third-order valence-electron chi connectivity index (χ3n) is 2.73. The minimum absolute atomic E-state index is 0.192. The summed E-state index contributed by atoms with van der Waals surface area (Å²) in [5, 5.41) is 10.4. The van der Waals surface area contributed by atoms with Crippen LogP contribution in [0.4, 0.5) is 0 Å². The van der Waals surface area contributed by atoms with E-state index < -0.39 is 11.8 Å². The number of esters is 1. The van der Waals surface area contributed by atoms with E-state index in [2.05, 4.69) is 32.6 Å². The third-order valence-corrected chi connectivity index (χ3v) is 4.52. The molecule has 21 heavy (non-hydrogen) atoms. The van der Waals surface area contributed by atoms with Crippen molar-refractivity contribution < 1.29 is 14.6 Å². The Labute approximate surface area is 140 Å². The molecule has 0 radical (unpaired) electrons. The molecule has 0 atom stereocenters. The summed E-state index contributed by atoms with van der Waals surface area (Å²) in [6, 6.07) is 5.39. The molecular formula is C14H12ClIN2O3. The maximum atomic E-state index is 11.8. The summed E-state index contributed by atoms with van der Waals surface area (Å²) in [5.74, 6) is -1.15. The first kappa shape index (κ1) is 16.0. The van der Waals surface area contributed by atoms with Gasteiger partial charge in [0.05, 0.1) is 23.0 Å². The molecular weight excluding hydrogens is 407 g/mol. The highest BCUT2D eigenvalue weighted by atomic mass is 127. The lowest BCUT2D eigenvalue weighted by atomic mass is 10.1. The van der Waals surface area contributed by atoms with Crippen molar-refractivity contribution in [2.24, 2.45) is 0 Å². The number of aryl methyl sites for hydroxylation is 1. The number of hydrogen-bond acceptors (Lipinski definition) is 5. The Balaban J connectivity index is 2.61. The van der Waals surface area contributed by atoms with Crippen molar-refractivity contribution in [1.82, 2.24) is 9.97 Å². The fraction of sp³-hybridized carbons (Fsp3) is 0.214. The molecule has 5 nitrogen and oxygen atoms in total. The van der Waals surface area contributed by atoms with Crippen LogP contribution in [-0.2, 0) is 4.74 Å². The number of halogens is 2. The number of benzene rings is 1. The molecule has 110 valence electrons. The highest BCUT2D eigenvalue weighted by molar-refractivity contribution is 14.1. The Morgan fingerprint density at radius 1 is 1.43 bits per heavy atom. The van der Waals surface area contributed by atoms with E-state index in [1.807, 2.05) is 6.07 Å². The second-order valence-electron chi connectivity index (χ2n) is 4.15. The summed E-state index contributed by atoms with van der Waals surface area (Å²) in [5.41, 5.74) is 1.54. The van der Waals surface area contributed by atoms with Crippen LogP contribution in [0.25, 0.3) is 11.3 Å². The Morgan fingerprint density at radius 2 is 2.14 bits per heavy atom. The van der Waals surface area contributed by atoms with Crippen molar-refractivity contribution in [1.29, 1.82) is 0 Å². The molecule has 1 heterocycles. The van der Waals surface area contributed by atoms with Crippen LogP contribution in [0.3, 0.4) is 0 Å². The summed E-state index contributed by atoms with van der Waals surface area (Å²) < 4.78 is 5.66. The van der Waals surface area contributed by atoms with Gasteiger partial charge in [-0.3, -0.25) is 0 Å². The second kappa shape index (κ2) is 6.57. The van der Waals surface area contributed by atoms with Gasteiger partial charge >= 0.3 is 5.97 Å². The Morgan fingerprint density at radius 3 is 2.81 bits per heavy atom. The summed E-state index contributed by atoms with van der Waals surface area (Å²) in [6.07, 6.45) is 0. The van der Waals surface area contributed by atoms with E-state index in [4.69, 9.17) is 16.3 Å². The zero-order valence-electron chi connectivity index (χ0n) is 11.4. The van der Waals surface area contributed by atoms with Gasteiger partial charge in [0, 0.05) is 9.13 Å². The van der Waals surface area contributed by atoms with Gasteiger partial charge in [-0.15, -0.1) is 0 Å². The molecule has 0 aliphatic rings. The molecule has 0 unspecified atom stereocenters. The molecule has 0 amide bonds. The zero-order chi connectivity index (χ0) is 15.6. The first-order chi connectivity index (χ1) is 9.95. The van der Waals surface area contributed by atoms with Gasteiger partial charge in [0.1, 0.15) is 0 Å². The Bertz CT molecular complexity index is 707. The molecule has 0 aliphatic carbocycles. The van der Waals surface area contributed by atoms with Crippen molar-refractivity contribution in [2.45, 2.75) is 13.8 Å². The lowest BCUT2D eigenvalue weighted by molar-refractivity contribution is 0.0515. The van der Waals surface area contributed by atoms with Crippen molar-refractivity contribution in [3.05, 3.63) is 38.2 Å². The monoisotopic (exact) mass is 418 g/mol. The normalized spacial score (nSPS) is 10.5. The van der Waals surface area contributed by atoms with Crippen LogP contribution in [-0.4, -0.2) is 27.7 Å². The molecule has 2 rings (SSSR count). The minimum Gasteiger partial charge on any atom is -0.492 e. The standard InChI is InChI=1S/C14H12ClIN2O3/c1-3-21-14(20)12-13(19)17-7(2)11(18-12)8-5-4-6-9(15)10(8)16/h4-6H,3H2,1-2H3,(H,17,19). The Hall–Kier alpha value is -1.41. The average molecular weight is 419 g/mol. The average Bonchev–Trinajstić information content (AvgIpc) is 2.43. The zero-order valence-corrected chi connectivity index (χ0v) is 14.3. The SMILES string of the molecule is CCOC(=O)c1nc(-c2cccc(Cl)c2I)c(C)nc1O. The van der Waals surface area contributed by atoms with Gasteiger partial charge in [-0.05, 0) is 42.5 Å². The van der Waals surface area contributed by atoms with Crippen LogP contribution >= 0.6 is 34.2 Å². The largest absolute Gasteiger partial charge is 0.492 e. The molecule has 1 N–H and O–H groups in total. The van der Waals surface area contributed by atoms with Gasteiger partial charge in [-0.2, -0.15) is 0 Å². The van der Waals surface area contributed by atoms with Crippen molar-refractivity contribution in [3.8, 4) is 17.1 Å². The van der Waals surface area contributed by atoms with Crippen LogP contribution in [0.5, 0.6) is 5.88 Å². The van der Waals surface area contributed by atoms with Crippen LogP contribution in [0, 0.1) is 10.5 Å². The van der Waals surface area contributed by atoms with Crippen molar-refractivity contribution in [3.63, 3.8) is 0 Å². The molecule has 1 aromatic carbocycles. The number of carbonyl (C=O) groups is 1. The fourth-order valence-corrected chi connectivity index (χ4v) is 2.58. The molecule has 1 aromatic heterocycles. The number of aromatic hydroxyl groups is 1. The number of rotatable bonds is 3. The number of hydrogen-bond donors (Lipinski definition) is 1. The van der Waals surface area contributed by atoms with Crippen molar-refractivity contribution in [2.75, 3.05) is 6.61 Å². The van der Waals surface area contributed by atoms with Gasteiger partial charge in [0.25, 0.3) is 0 Å². The van der Waals surface area contributed by atoms with E-state index in [0.717, 1.165) is 9.13 Å². The lowest BCUT2D eigenvalue weighted by Crippen LogP contribution is -2.10. The van der Waals surface area contributed by atoms with Crippen LogP contribution in [0.15, 0.2) is 18.2 Å². The minimum atomic E-state index is -0.708. The first-order valence-corrected chi connectivity index (χ1v) is 7.60. The highest BCUT2D eigenvalue weighted by Crippen LogP contribution is 2.32. The Kier molecular flexibility index (Phi) is 5.00. The first-order valence-electron chi connectivity index (χ1n) is 6.14.